The summed E-state index contributed by atoms with van der Waals surface area (Å²) < 4.78 is 13.2. The van der Waals surface area contributed by atoms with E-state index in [4.69, 9.17) is 0 Å². The second kappa shape index (κ2) is 4.33. The van der Waals surface area contributed by atoms with E-state index in [-0.39, 0.29) is 5.82 Å². The third kappa shape index (κ3) is 2.77. The molecule has 68 valence electrons. The van der Waals surface area contributed by atoms with Crippen LogP contribution in [0, 0.1) is 5.82 Å². The molecular weight excluding hydrogens is 235 g/mol. The van der Waals surface area contributed by atoms with Crippen LogP contribution in [0.15, 0.2) is 28.2 Å². The summed E-state index contributed by atoms with van der Waals surface area (Å²) in [7, 11) is 0. The summed E-state index contributed by atoms with van der Waals surface area (Å²) in [5.74, 6) is -0.305. The maximum absolute atomic E-state index is 12.8. The fourth-order valence-electron chi connectivity index (χ4n) is 0.899. The van der Waals surface area contributed by atoms with Crippen LogP contribution in [0.3, 0.4) is 0 Å². The van der Waals surface area contributed by atoms with Crippen LogP contribution in [0.25, 0.3) is 6.08 Å². The summed E-state index contributed by atoms with van der Waals surface area (Å²) in [6, 6.07) is 4.60. The predicted molar refractivity (Wildman–Crippen MR) is 53.8 cm³/mol. The average Bonchev–Trinajstić information content (AvgIpc) is 2.11. The molecule has 0 aliphatic carbocycles. The number of allylic oxidation sites excluding steroid dienone is 1. The van der Waals surface area contributed by atoms with E-state index < -0.39 is 0 Å². The number of hydrogen-bond acceptors (Lipinski definition) is 1. The van der Waals surface area contributed by atoms with Crippen LogP contribution in [0.4, 0.5) is 4.39 Å². The molecule has 0 heterocycles. The van der Waals surface area contributed by atoms with Gasteiger partial charge < -0.3 is 0 Å². The van der Waals surface area contributed by atoms with E-state index in [1.807, 2.05) is 0 Å². The Kier molecular flexibility index (Phi) is 3.37. The molecule has 0 aromatic heterocycles. The second-order valence-electron chi connectivity index (χ2n) is 2.68. The normalized spacial score (nSPS) is 11.5. The maximum Gasteiger partial charge on any atom is 0.145 e. The zero-order valence-corrected chi connectivity index (χ0v) is 8.64. The third-order valence-electron chi connectivity index (χ3n) is 1.52. The van der Waals surface area contributed by atoms with E-state index in [0.717, 1.165) is 11.8 Å². The molecule has 0 atom stereocenters. The Balaban J connectivity index is 3.04. The van der Waals surface area contributed by atoms with Crippen molar-refractivity contribution in [2.75, 3.05) is 0 Å². The van der Waals surface area contributed by atoms with Crippen LogP contribution in [-0.2, 0) is 4.79 Å². The van der Waals surface area contributed by atoms with Crippen molar-refractivity contribution in [1.29, 1.82) is 0 Å². The highest BCUT2D eigenvalue weighted by Gasteiger charge is 1.98. The molecule has 3 heteroatoms. The third-order valence-corrected chi connectivity index (χ3v) is 2.13. The molecule has 0 amide bonds. The highest BCUT2D eigenvalue weighted by atomic mass is 79.9. The topological polar surface area (TPSA) is 17.1 Å². The van der Waals surface area contributed by atoms with Gasteiger partial charge >= 0.3 is 0 Å². The van der Waals surface area contributed by atoms with Gasteiger partial charge in [0.05, 0.1) is 4.47 Å². The molecule has 0 spiro atoms. The molecule has 0 saturated carbocycles. The van der Waals surface area contributed by atoms with E-state index >= 15 is 0 Å². The number of benzene rings is 1. The Morgan fingerprint density at radius 3 is 2.77 bits per heavy atom. The summed E-state index contributed by atoms with van der Waals surface area (Å²) in [6.45, 7) is 1.70. The van der Waals surface area contributed by atoms with Crippen molar-refractivity contribution in [3.05, 3.63) is 39.6 Å². The van der Waals surface area contributed by atoms with Crippen LogP contribution in [0.5, 0.6) is 0 Å². The van der Waals surface area contributed by atoms with Gasteiger partial charge in [-0.1, -0.05) is 6.07 Å². The van der Waals surface area contributed by atoms with Gasteiger partial charge in [0, 0.05) is 0 Å². The lowest BCUT2D eigenvalue weighted by atomic mass is 10.1. The van der Waals surface area contributed by atoms with E-state index in [0.29, 0.717) is 10.0 Å². The molecule has 1 aromatic rings. The Morgan fingerprint density at radius 1 is 1.54 bits per heavy atom. The van der Waals surface area contributed by atoms with E-state index in [2.05, 4.69) is 15.9 Å². The minimum atomic E-state index is -0.305. The van der Waals surface area contributed by atoms with E-state index in [1.165, 1.54) is 6.07 Å². The lowest BCUT2D eigenvalue weighted by Gasteiger charge is -1.97. The van der Waals surface area contributed by atoms with Crippen LogP contribution in [-0.4, -0.2) is 6.29 Å². The van der Waals surface area contributed by atoms with Gasteiger partial charge in [-0.25, -0.2) is 4.39 Å². The summed E-state index contributed by atoms with van der Waals surface area (Å²) >= 11 is 3.07. The molecule has 0 unspecified atom stereocenters. The second-order valence-corrected chi connectivity index (χ2v) is 3.53. The average molecular weight is 243 g/mol. The molecule has 0 bridgehead atoms. The lowest BCUT2D eigenvalue weighted by Crippen LogP contribution is -1.81. The van der Waals surface area contributed by atoms with Crippen molar-refractivity contribution in [2.45, 2.75) is 6.92 Å². The molecule has 0 radical (unpaired) electrons. The fourth-order valence-corrected chi connectivity index (χ4v) is 1.30. The number of rotatable bonds is 2. The van der Waals surface area contributed by atoms with Gasteiger partial charge in [0.2, 0.25) is 0 Å². The minimum absolute atomic E-state index is 0.305. The lowest BCUT2D eigenvalue weighted by molar-refractivity contribution is -0.104. The number of aldehydes is 1. The zero-order valence-electron chi connectivity index (χ0n) is 7.05. The van der Waals surface area contributed by atoms with Crippen molar-refractivity contribution in [3.8, 4) is 0 Å². The number of hydrogen-bond donors (Lipinski definition) is 0. The van der Waals surface area contributed by atoms with Crippen LogP contribution in [0.1, 0.15) is 12.5 Å². The van der Waals surface area contributed by atoms with Gasteiger partial charge in [-0.05, 0) is 52.2 Å². The fraction of sp³-hybridized carbons (Fsp3) is 0.100. The SMILES string of the molecule is CC(C=O)=Cc1ccc(F)c(Br)c1. The Bertz CT molecular complexity index is 358. The highest BCUT2D eigenvalue weighted by molar-refractivity contribution is 9.10. The van der Waals surface area contributed by atoms with Crippen molar-refractivity contribution in [3.63, 3.8) is 0 Å². The summed E-state index contributed by atoms with van der Waals surface area (Å²) in [4.78, 5) is 10.3. The predicted octanol–water partition coefficient (Wildman–Crippen LogP) is 3.19. The smallest absolute Gasteiger partial charge is 0.145 e. The Morgan fingerprint density at radius 2 is 2.23 bits per heavy atom. The quantitative estimate of drug-likeness (QED) is 0.575. The maximum atomic E-state index is 12.8. The molecule has 1 rings (SSSR count). The van der Waals surface area contributed by atoms with Gasteiger partial charge in [-0.2, -0.15) is 0 Å². The molecule has 1 nitrogen and oxygen atoms in total. The van der Waals surface area contributed by atoms with E-state index in [9.17, 15) is 9.18 Å². The van der Waals surface area contributed by atoms with Crippen LogP contribution < -0.4 is 0 Å². The van der Waals surface area contributed by atoms with Gasteiger partial charge in [0.1, 0.15) is 12.1 Å². The van der Waals surface area contributed by atoms with Gasteiger partial charge in [0.25, 0.3) is 0 Å². The number of halogens is 2. The summed E-state index contributed by atoms with van der Waals surface area (Å²) in [5.41, 5.74) is 1.41. The molecule has 0 fully saturated rings. The van der Waals surface area contributed by atoms with Crippen molar-refractivity contribution in [2.24, 2.45) is 0 Å². The van der Waals surface area contributed by atoms with Crippen molar-refractivity contribution in [1.82, 2.24) is 0 Å². The molecule has 13 heavy (non-hydrogen) atoms. The standard InChI is InChI=1S/C10H8BrFO/c1-7(6-13)4-8-2-3-10(12)9(11)5-8/h2-6H,1H3. The minimum Gasteiger partial charge on any atom is -0.298 e. The van der Waals surface area contributed by atoms with Crippen molar-refractivity contribution < 1.29 is 9.18 Å². The molecule has 0 N–H and O–H groups in total. The molecule has 0 saturated heterocycles. The highest BCUT2D eigenvalue weighted by Crippen LogP contribution is 2.18. The van der Waals surface area contributed by atoms with E-state index in [1.54, 1.807) is 25.1 Å². The molecule has 0 aliphatic rings. The first-order chi connectivity index (χ1) is 6.13. The number of carbonyl (C=O) groups excluding carboxylic acids is 1. The Labute approximate surface area is 84.4 Å². The van der Waals surface area contributed by atoms with Crippen LogP contribution >= 0.6 is 15.9 Å². The van der Waals surface area contributed by atoms with Gasteiger partial charge in [-0.15, -0.1) is 0 Å². The van der Waals surface area contributed by atoms with Crippen LogP contribution in [0.2, 0.25) is 0 Å². The largest absolute Gasteiger partial charge is 0.298 e. The monoisotopic (exact) mass is 242 g/mol. The Hall–Kier alpha value is -0.960. The van der Waals surface area contributed by atoms with Gasteiger partial charge in [-0.3, -0.25) is 4.79 Å². The number of carbonyl (C=O) groups is 1. The molecule has 1 aromatic carbocycles. The first-order valence-electron chi connectivity index (χ1n) is 3.72. The van der Waals surface area contributed by atoms with Gasteiger partial charge in [0.15, 0.2) is 0 Å². The summed E-state index contributed by atoms with van der Waals surface area (Å²) in [6.07, 6.45) is 2.45. The molecule has 0 aliphatic heterocycles. The zero-order chi connectivity index (χ0) is 9.84. The first-order valence-corrected chi connectivity index (χ1v) is 4.51. The summed E-state index contributed by atoms with van der Waals surface area (Å²) in [5, 5.41) is 0. The van der Waals surface area contributed by atoms with Crippen molar-refractivity contribution >= 4 is 28.3 Å². The molecular formula is C10H8BrFO. The first kappa shape index (κ1) is 10.1.